The molecule has 2 unspecified atom stereocenters. The minimum absolute atomic E-state index is 0.0762. The number of nitrogens with one attached hydrogen (secondary N) is 1. The first-order valence-electron chi connectivity index (χ1n) is 9.15. The van der Waals surface area contributed by atoms with E-state index >= 15 is 0 Å². The maximum Gasteiger partial charge on any atom is 0.242 e. The molecule has 1 aromatic heterocycles. The van der Waals surface area contributed by atoms with Crippen LogP contribution in [0.3, 0.4) is 0 Å². The van der Waals surface area contributed by atoms with Gasteiger partial charge in [-0.3, -0.25) is 4.79 Å². The second-order valence-corrected chi connectivity index (χ2v) is 7.17. The molecule has 2 atom stereocenters. The van der Waals surface area contributed by atoms with E-state index in [9.17, 15) is 4.79 Å². The van der Waals surface area contributed by atoms with Crippen molar-refractivity contribution in [2.24, 2.45) is 0 Å². The van der Waals surface area contributed by atoms with Gasteiger partial charge >= 0.3 is 0 Å². The summed E-state index contributed by atoms with van der Waals surface area (Å²) in [5, 5.41) is 15.3. The van der Waals surface area contributed by atoms with E-state index in [0.717, 1.165) is 29.9 Å². The van der Waals surface area contributed by atoms with Crippen molar-refractivity contribution in [2.75, 3.05) is 25.0 Å². The van der Waals surface area contributed by atoms with Crippen LogP contribution in [0.25, 0.3) is 11.4 Å². The number of benzene rings is 1. The Morgan fingerprint density at radius 1 is 1.27 bits per heavy atom. The molecule has 0 radical (unpaired) electrons. The zero-order chi connectivity index (χ0) is 18.1. The molecule has 0 spiro atoms. The summed E-state index contributed by atoms with van der Waals surface area (Å²) in [6.45, 7) is 5.53. The summed E-state index contributed by atoms with van der Waals surface area (Å²) in [5.41, 5.74) is 1.84. The van der Waals surface area contributed by atoms with Gasteiger partial charge in [-0.05, 0) is 49.2 Å². The average Bonchev–Trinajstić information content (AvgIpc) is 3.35. The molecule has 1 N–H and O–H groups in total. The van der Waals surface area contributed by atoms with Gasteiger partial charge in [-0.1, -0.05) is 12.1 Å². The second-order valence-electron chi connectivity index (χ2n) is 7.17. The molecule has 8 heteroatoms. The van der Waals surface area contributed by atoms with Crippen molar-refractivity contribution in [1.29, 1.82) is 0 Å². The predicted molar refractivity (Wildman–Crippen MR) is 96.6 cm³/mol. The Balaban J connectivity index is 1.41. The number of carbonyl (C=O) groups is 1. The highest BCUT2D eigenvalue weighted by Gasteiger charge is 2.28. The van der Waals surface area contributed by atoms with E-state index in [0.29, 0.717) is 19.1 Å². The van der Waals surface area contributed by atoms with Gasteiger partial charge < -0.3 is 15.0 Å². The van der Waals surface area contributed by atoms with E-state index in [2.05, 4.69) is 20.8 Å². The molecule has 1 aliphatic heterocycles. The number of hydrogen-bond acceptors (Lipinski definition) is 6. The lowest BCUT2D eigenvalue weighted by Crippen LogP contribution is -2.49. The first-order chi connectivity index (χ1) is 12.6. The molecule has 2 fully saturated rings. The monoisotopic (exact) mass is 356 g/mol. The number of nitrogens with zero attached hydrogens (tertiary/aromatic N) is 5. The minimum atomic E-state index is 0.0762. The summed E-state index contributed by atoms with van der Waals surface area (Å²) in [6, 6.07) is 8.30. The molecule has 8 nitrogen and oxygen atoms in total. The fourth-order valence-electron chi connectivity index (χ4n) is 3.39. The first-order valence-corrected chi connectivity index (χ1v) is 9.15. The number of amides is 1. The lowest BCUT2D eigenvalue weighted by Gasteiger charge is -2.35. The maximum atomic E-state index is 12.5. The Morgan fingerprint density at radius 3 is 2.77 bits per heavy atom. The van der Waals surface area contributed by atoms with Gasteiger partial charge in [0.1, 0.15) is 0 Å². The van der Waals surface area contributed by atoms with Crippen molar-refractivity contribution in [3.63, 3.8) is 0 Å². The third-order valence-corrected chi connectivity index (χ3v) is 4.72. The van der Waals surface area contributed by atoms with Gasteiger partial charge in [-0.25, -0.2) is 4.68 Å². The number of aromatic nitrogens is 4. The zero-order valence-corrected chi connectivity index (χ0v) is 15.1. The van der Waals surface area contributed by atoms with Crippen LogP contribution in [0.1, 0.15) is 32.7 Å². The van der Waals surface area contributed by atoms with Crippen LogP contribution in [-0.2, 0) is 9.53 Å². The number of hydrogen-bond donors (Lipinski definition) is 1. The number of anilines is 1. The van der Waals surface area contributed by atoms with Crippen LogP contribution in [0.4, 0.5) is 5.69 Å². The van der Waals surface area contributed by atoms with Gasteiger partial charge in [0.15, 0.2) is 5.82 Å². The van der Waals surface area contributed by atoms with E-state index in [1.165, 1.54) is 0 Å². The molecular formula is C18H24N6O2. The van der Waals surface area contributed by atoms with Gasteiger partial charge in [0, 0.05) is 24.3 Å². The van der Waals surface area contributed by atoms with Crippen molar-refractivity contribution in [3.8, 4) is 11.4 Å². The molecule has 138 valence electrons. The van der Waals surface area contributed by atoms with Crippen LogP contribution in [0.5, 0.6) is 0 Å². The Bertz CT molecular complexity index is 777. The van der Waals surface area contributed by atoms with Crippen LogP contribution in [0, 0.1) is 0 Å². The summed E-state index contributed by atoms with van der Waals surface area (Å²) in [7, 11) is 0. The van der Waals surface area contributed by atoms with Crippen molar-refractivity contribution in [2.45, 2.75) is 44.9 Å². The van der Waals surface area contributed by atoms with Crippen LogP contribution in [0.2, 0.25) is 0 Å². The molecular weight excluding hydrogens is 332 g/mol. The largest absolute Gasteiger partial charge is 0.376 e. The van der Waals surface area contributed by atoms with Gasteiger partial charge in [-0.15, -0.1) is 5.10 Å². The molecule has 26 heavy (non-hydrogen) atoms. The Kier molecular flexibility index (Phi) is 4.58. The summed E-state index contributed by atoms with van der Waals surface area (Å²) < 4.78 is 7.58. The molecule has 1 aliphatic carbocycles. The number of morpholine rings is 1. The van der Waals surface area contributed by atoms with Gasteiger partial charge in [0.2, 0.25) is 5.91 Å². The van der Waals surface area contributed by atoms with E-state index in [1.807, 2.05) is 47.7 Å². The van der Waals surface area contributed by atoms with Crippen LogP contribution in [0.15, 0.2) is 24.3 Å². The molecule has 0 bridgehead atoms. The molecule has 1 amide bonds. The third-order valence-electron chi connectivity index (χ3n) is 4.72. The lowest BCUT2D eigenvalue weighted by atomic mass is 10.2. The smallest absolute Gasteiger partial charge is 0.242 e. The average molecular weight is 356 g/mol. The van der Waals surface area contributed by atoms with Gasteiger partial charge in [0.05, 0.1) is 24.8 Å². The fraction of sp³-hybridized carbons (Fsp3) is 0.556. The summed E-state index contributed by atoms with van der Waals surface area (Å²) in [5.74, 6) is 0.860. The quantitative estimate of drug-likeness (QED) is 0.878. The fourth-order valence-corrected chi connectivity index (χ4v) is 3.39. The van der Waals surface area contributed by atoms with Gasteiger partial charge in [-0.2, -0.15) is 0 Å². The minimum Gasteiger partial charge on any atom is -0.376 e. The topological polar surface area (TPSA) is 85.2 Å². The van der Waals surface area contributed by atoms with Gasteiger partial charge in [0.25, 0.3) is 0 Å². The number of carbonyl (C=O) groups excluding carboxylic acids is 1. The van der Waals surface area contributed by atoms with E-state index in [4.69, 9.17) is 4.74 Å². The summed E-state index contributed by atoms with van der Waals surface area (Å²) >= 11 is 0. The molecule has 2 aliphatic rings. The van der Waals surface area contributed by atoms with E-state index in [1.54, 1.807) is 0 Å². The molecule has 1 saturated heterocycles. The number of ether oxygens (including phenoxy) is 1. The van der Waals surface area contributed by atoms with Crippen LogP contribution < -0.4 is 5.32 Å². The molecule has 4 rings (SSSR count). The summed E-state index contributed by atoms with van der Waals surface area (Å²) in [4.78, 5) is 14.4. The summed E-state index contributed by atoms with van der Waals surface area (Å²) in [6.07, 6.45) is 2.40. The zero-order valence-electron chi connectivity index (χ0n) is 15.1. The molecule has 2 heterocycles. The Hall–Kier alpha value is -2.48. The van der Waals surface area contributed by atoms with Crippen LogP contribution >= 0.6 is 0 Å². The highest BCUT2D eigenvalue weighted by molar-refractivity contribution is 5.81. The normalized spacial score (nSPS) is 23.1. The predicted octanol–water partition coefficient (Wildman–Crippen LogP) is 1.72. The lowest BCUT2D eigenvalue weighted by molar-refractivity contribution is -0.141. The standard InChI is InChI=1S/C18H24N6O2/c1-12-10-23(11-13(2)26-12)17(25)9-19-15-5-3-4-14(8-15)18-20-21-22-24(18)16-6-7-16/h3-5,8,12-13,16,19H,6-7,9-11H2,1-2H3. The van der Waals surface area contributed by atoms with Crippen molar-refractivity contribution < 1.29 is 9.53 Å². The highest BCUT2D eigenvalue weighted by atomic mass is 16.5. The van der Waals surface area contributed by atoms with Crippen molar-refractivity contribution in [3.05, 3.63) is 24.3 Å². The van der Waals surface area contributed by atoms with E-state index < -0.39 is 0 Å². The Morgan fingerprint density at radius 2 is 2.04 bits per heavy atom. The highest BCUT2D eigenvalue weighted by Crippen LogP contribution is 2.36. The van der Waals surface area contributed by atoms with E-state index in [-0.39, 0.29) is 24.7 Å². The van der Waals surface area contributed by atoms with Crippen LogP contribution in [-0.4, -0.2) is 62.9 Å². The van der Waals surface area contributed by atoms with Crippen molar-refractivity contribution >= 4 is 11.6 Å². The Labute approximate surface area is 152 Å². The number of rotatable bonds is 5. The molecule has 2 aromatic rings. The first kappa shape index (κ1) is 17.0. The third kappa shape index (κ3) is 3.70. The number of tetrazole rings is 1. The second kappa shape index (κ2) is 7.03. The molecule has 1 saturated carbocycles. The van der Waals surface area contributed by atoms with Crippen molar-refractivity contribution in [1.82, 2.24) is 25.1 Å². The SMILES string of the molecule is CC1CN(C(=O)CNc2cccc(-c3nnnn3C3CC3)c2)CC(C)O1. The maximum absolute atomic E-state index is 12.5. The molecule has 1 aromatic carbocycles.